The van der Waals surface area contributed by atoms with Crippen molar-refractivity contribution in [3.63, 3.8) is 0 Å². The first-order chi connectivity index (χ1) is 7.44. The summed E-state index contributed by atoms with van der Waals surface area (Å²) in [6, 6.07) is 10.3. The van der Waals surface area contributed by atoms with E-state index in [1.54, 1.807) is 0 Å². The Morgan fingerprint density at radius 1 is 1.25 bits per heavy atom. The van der Waals surface area contributed by atoms with Crippen molar-refractivity contribution in [1.29, 1.82) is 0 Å². The molecule has 16 heavy (non-hydrogen) atoms. The molecule has 1 rings (SSSR count). The standard InChI is InChI=1S/C13H19IN2/c1-13(2,3)10-12(15-14)16(4)11-8-6-5-7-9-11/h5-9H,10H2,1-4H3/b15-12-. The molecule has 0 amide bonds. The van der Waals surface area contributed by atoms with E-state index in [0.29, 0.717) is 0 Å². The summed E-state index contributed by atoms with van der Waals surface area (Å²) in [6.45, 7) is 6.69. The third-order valence-electron chi connectivity index (χ3n) is 2.32. The Morgan fingerprint density at radius 3 is 2.25 bits per heavy atom. The van der Waals surface area contributed by atoms with E-state index in [2.05, 4.69) is 70.9 Å². The number of amidine groups is 1. The Labute approximate surface area is 112 Å². The lowest BCUT2D eigenvalue weighted by Crippen LogP contribution is -2.29. The molecule has 1 aromatic carbocycles. The first-order valence-corrected chi connectivity index (χ1v) is 6.37. The number of hydrogen-bond acceptors (Lipinski definition) is 1. The van der Waals surface area contributed by atoms with Crippen LogP contribution in [0.1, 0.15) is 27.2 Å². The normalized spacial score (nSPS) is 12.7. The van der Waals surface area contributed by atoms with E-state index >= 15 is 0 Å². The van der Waals surface area contributed by atoms with Crippen LogP contribution < -0.4 is 4.90 Å². The van der Waals surface area contributed by atoms with Gasteiger partial charge in [0.25, 0.3) is 0 Å². The lowest BCUT2D eigenvalue weighted by molar-refractivity contribution is 0.432. The van der Waals surface area contributed by atoms with Gasteiger partial charge in [0.15, 0.2) is 0 Å². The molecule has 0 N–H and O–H groups in total. The minimum atomic E-state index is 0.257. The minimum Gasteiger partial charge on any atom is -0.333 e. The maximum absolute atomic E-state index is 4.36. The second kappa shape index (κ2) is 5.66. The Bertz CT molecular complexity index is 352. The Kier molecular flexibility index (Phi) is 4.77. The molecule has 2 nitrogen and oxygen atoms in total. The molecular formula is C13H19IN2. The smallest absolute Gasteiger partial charge is 0.116 e. The molecule has 0 aliphatic rings. The highest BCUT2D eigenvalue weighted by molar-refractivity contribution is 14.1. The number of halogens is 1. The van der Waals surface area contributed by atoms with Gasteiger partial charge in [0.2, 0.25) is 0 Å². The maximum atomic E-state index is 4.36. The lowest BCUT2D eigenvalue weighted by Gasteiger charge is -2.26. The Balaban J connectivity index is 2.83. The predicted octanol–water partition coefficient (Wildman–Crippen LogP) is 4.31. The van der Waals surface area contributed by atoms with Gasteiger partial charge in [0.1, 0.15) is 5.84 Å². The molecule has 0 aliphatic carbocycles. The maximum Gasteiger partial charge on any atom is 0.116 e. The van der Waals surface area contributed by atoms with Crippen molar-refractivity contribution in [2.24, 2.45) is 8.62 Å². The molecule has 0 aromatic heterocycles. The topological polar surface area (TPSA) is 15.6 Å². The van der Waals surface area contributed by atoms with E-state index in [1.165, 1.54) is 5.69 Å². The second-order valence-corrected chi connectivity index (χ2v) is 5.62. The van der Waals surface area contributed by atoms with Gasteiger partial charge >= 0.3 is 0 Å². The number of rotatable bonds is 2. The van der Waals surface area contributed by atoms with E-state index in [1.807, 2.05) is 18.2 Å². The quantitative estimate of drug-likeness (QED) is 0.448. The third-order valence-corrected chi connectivity index (χ3v) is 2.87. The summed E-state index contributed by atoms with van der Waals surface area (Å²) in [7, 11) is 2.07. The number of hydrogen-bond donors (Lipinski definition) is 0. The summed E-state index contributed by atoms with van der Waals surface area (Å²) in [6.07, 6.45) is 0.974. The van der Waals surface area contributed by atoms with Crippen LogP contribution in [0.3, 0.4) is 0 Å². The minimum absolute atomic E-state index is 0.257. The fourth-order valence-electron chi connectivity index (χ4n) is 1.48. The van der Waals surface area contributed by atoms with E-state index in [9.17, 15) is 0 Å². The number of para-hydroxylation sites is 1. The highest BCUT2D eigenvalue weighted by Gasteiger charge is 2.17. The Morgan fingerprint density at radius 2 is 1.81 bits per heavy atom. The monoisotopic (exact) mass is 330 g/mol. The summed E-state index contributed by atoms with van der Waals surface area (Å²) in [4.78, 5) is 2.15. The summed E-state index contributed by atoms with van der Waals surface area (Å²) in [5, 5.41) is 0. The van der Waals surface area contributed by atoms with Crippen LogP contribution in [0.25, 0.3) is 0 Å². The molecule has 0 unspecified atom stereocenters. The van der Waals surface area contributed by atoms with Gasteiger partial charge in [-0.25, -0.2) is 3.21 Å². The van der Waals surface area contributed by atoms with Crippen LogP contribution in [-0.4, -0.2) is 12.9 Å². The third kappa shape index (κ3) is 4.12. The van der Waals surface area contributed by atoms with Gasteiger partial charge in [-0.15, -0.1) is 0 Å². The molecular weight excluding hydrogens is 311 g/mol. The van der Waals surface area contributed by atoms with Crippen molar-refractivity contribution in [1.82, 2.24) is 0 Å². The van der Waals surface area contributed by atoms with Crippen LogP contribution in [0.4, 0.5) is 5.69 Å². The average Bonchev–Trinajstić information content (AvgIpc) is 2.25. The predicted molar refractivity (Wildman–Crippen MR) is 80.4 cm³/mol. The highest BCUT2D eigenvalue weighted by Crippen LogP contribution is 2.23. The average molecular weight is 330 g/mol. The molecule has 0 saturated carbocycles. The van der Waals surface area contributed by atoms with Gasteiger partial charge in [-0.05, 0) is 17.5 Å². The van der Waals surface area contributed by atoms with Crippen LogP contribution >= 0.6 is 22.9 Å². The molecule has 0 aliphatic heterocycles. The van der Waals surface area contributed by atoms with Gasteiger partial charge < -0.3 is 4.90 Å². The van der Waals surface area contributed by atoms with Gasteiger partial charge in [0.05, 0.1) is 22.9 Å². The molecule has 3 heteroatoms. The zero-order valence-corrected chi connectivity index (χ0v) is 12.5. The van der Waals surface area contributed by atoms with Crippen LogP contribution in [0.15, 0.2) is 33.5 Å². The highest BCUT2D eigenvalue weighted by atomic mass is 127. The summed E-state index contributed by atoms with van der Waals surface area (Å²) >= 11 is 2.08. The fourth-order valence-corrected chi connectivity index (χ4v) is 1.97. The van der Waals surface area contributed by atoms with Crippen molar-refractivity contribution in [2.45, 2.75) is 27.2 Å². The van der Waals surface area contributed by atoms with Gasteiger partial charge in [-0.1, -0.05) is 39.0 Å². The zero-order valence-electron chi connectivity index (χ0n) is 10.4. The van der Waals surface area contributed by atoms with Crippen LogP contribution in [0.2, 0.25) is 0 Å². The SMILES string of the molecule is CN(/C(CC(C)(C)C)=N\I)c1ccccc1. The Hall–Kier alpha value is -0.580. The van der Waals surface area contributed by atoms with E-state index in [4.69, 9.17) is 0 Å². The summed E-state index contributed by atoms with van der Waals surface area (Å²) < 4.78 is 4.36. The van der Waals surface area contributed by atoms with Crippen molar-refractivity contribution in [2.75, 3.05) is 11.9 Å². The van der Waals surface area contributed by atoms with Gasteiger partial charge in [-0.3, -0.25) is 0 Å². The van der Waals surface area contributed by atoms with E-state index < -0.39 is 0 Å². The largest absolute Gasteiger partial charge is 0.333 e. The van der Waals surface area contributed by atoms with Crippen LogP contribution in [0, 0.1) is 5.41 Å². The number of nitrogens with zero attached hydrogens (tertiary/aromatic N) is 2. The molecule has 0 atom stereocenters. The van der Waals surface area contributed by atoms with Crippen LogP contribution in [0.5, 0.6) is 0 Å². The molecule has 1 aromatic rings. The molecule has 0 bridgehead atoms. The molecule has 88 valence electrons. The van der Waals surface area contributed by atoms with Crippen molar-refractivity contribution in [3.8, 4) is 0 Å². The lowest BCUT2D eigenvalue weighted by atomic mass is 9.91. The molecule has 0 spiro atoms. The molecule has 0 fully saturated rings. The second-order valence-electron chi connectivity index (χ2n) is 5.13. The van der Waals surface area contributed by atoms with Crippen molar-refractivity contribution < 1.29 is 0 Å². The van der Waals surface area contributed by atoms with E-state index in [-0.39, 0.29) is 5.41 Å². The summed E-state index contributed by atoms with van der Waals surface area (Å²) in [5.41, 5.74) is 1.44. The number of benzene rings is 1. The van der Waals surface area contributed by atoms with Crippen LogP contribution in [-0.2, 0) is 0 Å². The van der Waals surface area contributed by atoms with Crippen molar-refractivity contribution >= 4 is 34.4 Å². The van der Waals surface area contributed by atoms with E-state index in [0.717, 1.165) is 12.3 Å². The summed E-state index contributed by atoms with van der Waals surface area (Å²) in [5.74, 6) is 1.11. The molecule has 0 radical (unpaired) electrons. The first kappa shape index (κ1) is 13.5. The molecule has 0 heterocycles. The van der Waals surface area contributed by atoms with Crippen molar-refractivity contribution in [3.05, 3.63) is 30.3 Å². The zero-order chi connectivity index (χ0) is 12.2. The number of anilines is 1. The molecule has 0 saturated heterocycles. The fraction of sp³-hybridized carbons (Fsp3) is 0.462. The first-order valence-electron chi connectivity index (χ1n) is 5.40. The van der Waals surface area contributed by atoms with Gasteiger partial charge in [0, 0.05) is 19.2 Å². The van der Waals surface area contributed by atoms with Gasteiger partial charge in [-0.2, -0.15) is 0 Å².